The molecule has 0 bridgehead atoms. The molecule has 2 aromatic rings. The van der Waals surface area contributed by atoms with Crippen molar-refractivity contribution in [3.8, 4) is 0 Å². The molecule has 144 valence electrons. The third-order valence-electron chi connectivity index (χ3n) is 4.89. The normalized spacial score (nSPS) is 13.8. The van der Waals surface area contributed by atoms with Crippen molar-refractivity contribution in [3.05, 3.63) is 59.2 Å². The molecule has 0 radical (unpaired) electrons. The number of nitrogens with one attached hydrogen (secondary N) is 2. The van der Waals surface area contributed by atoms with Crippen LogP contribution < -0.4 is 10.0 Å². The van der Waals surface area contributed by atoms with E-state index in [9.17, 15) is 13.2 Å². The number of benzene rings is 2. The van der Waals surface area contributed by atoms with Crippen molar-refractivity contribution in [2.45, 2.75) is 50.3 Å². The van der Waals surface area contributed by atoms with E-state index in [1.165, 1.54) is 5.56 Å². The van der Waals surface area contributed by atoms with Gasteiger partial charge in [0.25, 0.3) is 0 Å². The Hall–Kier alpha value is -2.18. The third kappa shape index (κ3) is 5.17. The zero-order valence-electron chi connectivity index (χ0n) is 15.6. The Bertz CT molecular complexity index is 923. The predicted molar refractivity (Wildman–Crippen MR) is 107 cm³/mol. The summed E-state index contributed by atoms with van der Waals surface area (Å²) in [5.74, 6) is -0.212. The molecule has 0 aromatic heterocycles. The zero-order chi connectivity index (χ0) is 19.3. The molecule has 2 N–H and O–H groups in total. The Morgan fingerprint density at radius 2 is 1.81 bits per heavy atom. The second kappa shape index (κ2) is 8.67. The Morgan fingerprint density at radius 1 is 1.04 bits per heavy atom. The maximum absolute atomic E-state index is 12.5. The SMILES string of the molecule is CCc1cccc(NC(=O)CCNS(=O)(=O)c2ccc3c(c2)CCCC3)c1. The van der Waals surface area contributed by atoms with E-state index in [1.54, 1.807) is 12.1 Å². The van der Waals surface area contributed by atoms with Gasteiger partial charge in [0.1, 0.15) is 0 Å². The lowest BCUT2D eigenvalue weighted by Gasteiger charge is -2.16. The van der Waals surface area contributed by atoms with Gasteiger partial charge in [-0.1, -0.05) is 25.1 Å². The number of rotatable bonds is 7. The van der Waals surface area contributed by atoms with E-state index in [1.807, 2.05) is 30.3 Å². The van der Waals surface area contributed by atoms with E-state index < -0.39 is 10.0 Å². The molecule has 0 spiro atoms. The number of hydrogen-bond acceptors (Lipinski definition) is 3. The van der Waals surface area contributed by atoms with E-state index >= 15 is 0 Å². The van der Waals surface area contributed by atoms with Gasteiger partial charge in [-0.2, -0.15) is 0 Å². The Kier molecular flexibility index (Phi) is 6.29. The molecule has 0 saturated carbocycles. The van der Waals surface area contributed by atoms with Crippen LogP contribution in [0.15, 0.2) is 47.4 Å². The van der Waals surface area contributed by atoms with Crippen molar-refractivity contribution < 1.29 is 13.2 Å². The Labute approximate surface area is 161 Å². The number of aryl methyl sites for hydroxylation is 3. The number of sulfonamides is 1. The maximum Gasteiger partial charge on any atom is 0.240 e. The van der Waals surface area contributed by atoms with E-state index in [4.69, 9.17) is 0 Å². The van der Waals surface area contributed by atoms with Gasteiger partial charge in [0.15, 0.2) is 0 Å². The lowest BCUT2D eigenvalue weighted by Crippen LogP contribution is -2.28. The smallest absolute Gasteiger partial charge is 0.240 e. The molecule has 0 heterocycles. The van der Waals surface area contributed by atoms with Gasteiger partial charge in [0.05, 0.1) is 4.90 Å². The average molecular weight is 387 g/mol. The highest BCUT2D eigenvalue weighted by molar-refractivity contribution is 7.89. The standard InChI is InChI=1S/C21H26N2O3S/c1-2-16-6-5-9-19(14-16)23-21(24)12-13-22-27(25,26)20-11-10-17-7-3-4-8-18(17)15-20/h5-6,9-11,14-15,22H,2-4,7-8,12-13H2,1H3,(H,23,24). The van der Waals surface area contributed by atoms with Gasteiger partial charge in [-0.25, -0.2) is 13.1 Å². The molecule has 6 heteroatoms. The number of anilines is 1. The van der Waals surface area contributed by atoms with Crippen molar-refractivity contribution in [1.82, 2.24) is 4.72 Å². The summed E-state index contributed by atoms with van der Waals surface area (Å²) in [6, 6.07) is 13.0. The molecule has 27 heavy (non-hydrogen) atoms. The fourth-order valence-corrected chi connectivity index (χ4v) is 4.43. The number of hydrogen-bond donors (Lipinski definition) is 2. The minimum Gasteiger partial charge on any atom is -0.326 e. The molecule has 1 amide bonds. The first-order valence-electron chi connectivity index (χ1n) is 9.48. The highest BCUT2D eigenvalue weighted by Gasteiger charge is 2.17. The summed E-state index contributed by atoms with van der Waals surface area (Å²) >= 11 is 0. The summed E-state index contributed by atoms with van der Waals surface area (Å²) < 4.78 is 27.5. The summed E-state index contributed by atoms with van der Waals surface area (Å²) in [5.41, 5.74) is 4.24. The highest BCUT2D eigenvalue weighted by atomic mass is 32.2. The van der Waals surface area contributed by atoms with Crippen LogP contribution in [0.2, 0.25) is 0 Å². The fourth-order valence-electron chi connectivity index (χ4n) is 3.35. The van der Waals surface area contributed by atoms with Crippen molar-refractivity contribution in [1.29, 1.82) is 0 Å². The number of amides is 1. The maximum atomic E-state index is 12.5. The van der Waals surface area contributed by atoms with Gasteiger partial charge in [-0.3, -0.25) is 4.79 Å². The minimum absolute atomic E-state index is 0.0682. The van der Waals surface area contributed by atoms with Crippen molar-refractivity contribution >= 4 is 21.6 Å². The molecule has 0 fully saturated rings. The largest absolute Gasteiger partial charge is 0.326 e. The van der Waals surface area contributed by atoms with Gasteiger partial charge >= 0.3 is 0 Å². The Morgan fingerprint density at radius 3 is 2.59 bits per heavy atom. The number of carbonyl (C=O) groups excluding carboxylic acids is 1. The van der Waals surface area contributed by atoms with Crippen LogP contribution in [0, 0.1) is 0 Å². The molecule has 0 unspecified atom stereocenters. The topological polar surface area (TPSA) is 75.3 Å². The first-order chi connectivity index (χ1) is 13.0. The summed E-state index contributed by atoms with van der Waals surface area (Å²) in [7, 11) is -3.60. The second-order valence-electron chi connectivity index (χ2n) is 6.89. The van der Waals surface area contributed by atoms with Crippen molar-refractivity contribution in [2.75, 3.05) is 11.9 Å². The van der Waals surface area contributed by atoms with Gasteiger partial charge < -0.3 is 5.32 Å². The van der Waals surface area contributed by atoms with Gasteiger partial charge in [-0.15, -0.1) is 0 Å². The molecule has 3 rings (SSSR count). The monoisotopic (exact) mass is 386 g/mol. The number of fused-ring (bicyclic) bond motifs is 1. The second-order valence-corrected chi connectivity index (χ2v) is 8.65. The summed E-state index contributed by atoms with van der Waals surface area (Å²) in [5, 5.41) is 2.81. The number of carbonyl (C=O) groups is 1. The van der Waals surface area contributed by atoms with E-state index in [-0.39, 0.29) is 23.8 Å². The molecular weight excluding hydrogens is 360 g/mol. The van der Waals surface area contributed by atoms with E-state index in [0.29, 0.717) is 0 Å². The molecule has 1 aliphatic carbocycles. The molecule has 5 nitrogen and oxygen atoms in total. The van der Waals surface area contributed by atoms with Gasteiger partial charge in [-0.05, 0) is 73.1 Å². The van der Waals surface area contributed by atoms with Crippen LogP contribution in [-0.2, 0) is 34.1 Å². The molecule has 0 saturated heterocycles. The summed E-state index contributed by atoms with van der Waals surface area (Å²) in [6.45, 7) is 2.12. The minimum atomic E-state index is -3.60. The van der Waals surface area contributed by atoms with Crippen LogP contribution >= 0.6 is 0 Å². The van der Waals surface area contributed by atoms with E-state index in [2.05, 4.69) is 17.0 Å². The molecular formula is C21H26N2O3S. The molecule has 0 aliphatic heterocycles. The fraction of sp³-hybridized carbons (Fsp3) is 0.381. The molecule has 1 aliphatic rings. The van der Waals surface area contributed by atoms with E-state index in [0.717, 1.165) is 48.9 Å². The summed E-state index contributed by atoms with van der Waals surface area (Å²) in [4.78, 5) is 12.4. The lowest BCUT2D eigenvalue weighted by molar-refractivity contribution is -0.116. The average Bonchev–Trinajstić information content (AvgIpc) is 2.67. The van der Waals surface area contributed by atoms with Crippen LogP contribution in [0.4, 0.5) is 5.69 Å². The van der Waals surface area contributed by atoms with Crippen molar-refractivity contribution in [3.63, 3.8) is 0 Å². The zero-order valence-corrected chi connectivity index (χ0v) is 16.4. The predicted octanol–water partition coefficient (Wildman–Crippen LogP) is 3.43. The van der Waals surface area contributed by atoms with Gasteiger partial charge in [0, 0.05) is 18.7 Å². The third-order valence-corrected chi connectivity index (χ3v) is 6.35. The van der Waals surface area contributed by atoms with Crippen LogP contribution in [0.3, 0.4) is 0 Å². The highest BCUT2D eigenvalue weighted by Crippen LogP contribution is 2.24. The first-order valence-corrected chi connectivity index (χ1v) is 11.0. The van der Waals surface area contributed by atoms with Gasteiger partial charge in [0.2, 0.25) is 15.9 Å². The van der Waals surface area contributed by atoms with Crippen molar-refractivity contribution in [2.24, 2.45) is 0 Å². The van der Waals surface area contributed by atoms with Crippen LogP contribution in [-0.4, -0.2) is 20.9 Å². The van der Waals surface area contributed by atoms with Crippen LogP contribution in [0.25, 0.3) is 0 Å². The summed E-state index contributed by atoms with van der Waals surface area (Å²) in [6.07, 6.45) is 5.18. The lowest BCUT2D eigenvalue weighted by atomic mass is 9.92. The first kappa shape index (κ1) is 19.6. The quantitative estimate of drug-likeness (QED) is 0.765. The molecule has 2 aromatic carbocycles. The van der Waals surface area contributed by atoms with Crippen LogP contribution in [0.5, 0.6) is 0 Å². The molecule has 0 atom stereocenters. The Balaban J connectivity index is 1.55. The van der Waals surface area contributed by atoms with Crippen LogP contribution in [0.1, 0.15) is 42.9 Å².